The van der Waals surface area contributed by atoms with Gasteiger partial charge in [-0.1, -0.05) is 64.0 Å². The number of nitrogens with one attached hydrogen (secondary N) is 2. The molecule has 2 N–H and O–H groups in total. The molecule has 5 aromatic rings. The Hall–Kier alpha value is -4.41. The third-order valence-corrected chi connectivity index (χ3v) is 7.51. The van der Waals surface area contributed by atoms with E-state index in [0.29, 0.717) is 43.6 Å². The number of hydrogen-bond acceptors (Lipinski definition) is 6. The Bertz CT molecular complexity index is 1830. The summed E-state index contributed by atoms with van der Waals surface area (Å²) in [5, 5.41) is 4.91. The minimum Gasteiger partial charge on any atom is -0.496 e. The van der Waals surface area contributed by atoms with Crippen LogP contribution in [0, 0.1) is 6.92 Å². The molecule has 0 saturated carbocycles. The van der Waals surface area contributed by atoms with E-state index in [-0.39, 0.29) is 11.4 Å². The number of carbonyl (C=O) groups excluding carboxylic acids is 2. The van der Waals surface area contributed by atoms with Crippen LogP contribution in [0.4, 0.5) is 0 Å². The first-order valence-corrected chi connectivity index (χ1v) is 14.3. The minimum atomic E-state index is -0.520. The summed E-state index contributed by atoms with van der Waals surface area (Å²) in [6, 6.07) is 23.7. The van der Waals surface area contributed by atoms with Crippen LogP contribution in [-0.4, -0.2) is 37.3 Å². The van der Waals surface area contributed by atoms with Gasteiger partial charge in [-0.25, -0.2) is 10.2 Å². The average molecular weight is 691 g/mol. The van der Waals surface area contributed by atoms with E-state index in [1.165, 1.54) is 6.21 Å². The number of nitrogens with zero attached hydrogens (tertiary/aromatic N) is 1. The number of fused-ring (bicyclic) bond motifs is 1. The second kappa shape index (κ2) is 12.6. The topological polar surface area (TPSA) is 102 Å². The van der Waals surface area contributed by atoms with Crippen molar-refractivity contribution in [2.45, 2.75) is 6.92 Å². The lowest BCUT2D eigenvalue weighted by molar-refractivity contribution is 0.0732. The molecular weight excluding hydrogens is 666 g/mol. The summed E-state index contributed by atoms with van der Waals surface area (Å²) in [6.45, 7) is 1.90. The van der Waals surface area contributed by atoms with E-state index in [9.17, 15) is 9.59 Å². The second-order valence-corrected chi connectivity index (χ2v) is 11.0. The van der Waals surface area contributed by atoms with E-state index in [1.807, 2.05) is 43.3 Å². The van der Waals surface area contributed by atoms with Gasteiger partial charge in [0.1, 0.15) is 17.2 Å². The molecular formula is C32H25Br2N3O5. The summed E-state index contributed by atoms with van der Waals surface area (Å²) < 4.78 is 18.2. The quantitative estimate of drug-likeness (QED) is 0.0753. The SMILES string of the molecule is COc1ccc(OC)c2c(-c3ccccc3)c(C(=O)NN=Cc3cc(Br)cc(Br)c3OC(=O)c3cccc(C)c3)[nH]c12. The molecule has 1 amide bonds. The van der Waals surface area contributed by atoms with Gasteiger partial charge in [-0.05, 0) is 64.8 Å². The van der Waals surface area contributed by atoms with Crippen molar-refractivity contribution >= 4 is 60.9 Å². The highest BCUT2D eigenvalue weighted by molar-refractivity contribution is 9.11. The van der Waals surface area contributed by atoms with Gasteiger partial charge in [0.2, 0.25) is 0 Å². The van der Waals surface area contributed by atoms with Gasteiger partial charge in [0, 0.05) is 15.6 Å². The Morgan fingerprint density at radius 3 is 2.36 bits per heavy atom. The van der Waals surface area contributed by atoms with Gasteiger partial charge in [-0.15, -0.1) is 0 Å². The third-order valence-electron chi connectivity index (χ3n) is 6.46. The van der Waals surface area contributed by atoms with Gasteiger partial charge in [-0.2, -0.15) is 5.10 Å². The number of hydrogen-bond donors (Lipinski definition) is 2. The predicted molar refractivity (Wildman–Crippen MR) is 170 cm³/mol. The van der Waals surface area contributed by atoms with Crippen LogP contribution >= 0.6 is 31.9 Å². The average Bonchev–Trinajstić information content (AvgIpc) is 3.40. The standard InChI is InChI=1S/C32H25Br2N3O5/c1-18-8-7-11-20(14-18)32(39)42-30-21(15-22(33)16-23(30)34)17-35-37-31(38)29-26(19-9-5-4-6-10-19)27-24(40-2)12-13-25(41-3)28(27)36-29/h4-17,36H,1-3H3,(H,37,38). The summed E-state index contributed by atoms with van der Waals surface area (Å²) in [5.41, 5.74) is 6.76. The first-order valence-electron chi connectivity index (χ1n) is 12.7. The maximum atomic E-state index is 13.6. The Kier molecular flexibility index (Phi) is 8.75. The van der Waals surface area contributed by atoms with Gasteiger partial charge < -0.3 is 19.2 Å². The normalized spacial score (nSPS) is 11.1. The van der Waals surface area contributed by atoms with E-state index in [4.69, 9.17) is 14.2 Å². The van der Waals surface area contributed by atoms with Crippen molar-refractivity contribution in [2.75, 3.05) is 14.2 Å². The van der Waals surface area contributed by atoms with Crippen molar-refractivity contribution in [1.29, 1.82) is 0 Å². The number of halogens is 2. The van der Waals surface area contributed by atoms with Gasteiger partial charge >= 0.3 is 5.97 Å². The fourth-order valence-electron chi connectivity index (χ4n) is 4.58. The molecule has 1 aromatic heterocycles. The molecule has 8 nitrogen and oxygen atoms in total. The highest BCUT2D eigenvalue weighted by atomic mass is 79.9. The molecule has 42 heavy (non-hydrogen) atoms. The number of methoxy groups -OCH3 is 2. The van der Waals surface area contributed by atoms with E-state index in [2.05, 4.69) is 47.4 Å². The summed E-state index contributed by atoms with van der Waals surface area (Å²) >= 11 is 6.93. The summed E-state index contributed by atoms with van der Waals surface area (Å²) in [7, 11) is 3.14. The van der Waals surface area contributed by atoms with E-state index >= 15 is 0 Å². The number of benzene rings is 4. The monoisotopic (exact) mass is 689 g/mol. The van der Waals surface area contributed by atoms with Crippen LogP contribution in [0.2, 0.25) is 0 Å². The van der Waals surface area contributed by atoms with Gasteiger partial charge in [0.25, 0.3) is 5.91 Å². The van der Waals surface area contributed by atoms with Crippen LogP contribution in [0.1, 0.15) is 32.0 Å². The molecule has 0 fully saturated rings. The molecule has 0 radical (unpaired) electrons. The third kappa shape index (κ3) is 5.95. The van der Waals surface area contributed by atoms with Crippen LogP contribution in [0.15, 0.2) is 92.9 Å². The van der Waals surface area contributed by atoms with Crippen molar-refractivity contribution in [3.8, 4) is 28.4 Å². The summed E-state index contributed by atoms with van der Waals surface area (Å²) in [6.07, 6.45) is 1.41. The van der Waals surface area contributed by atoms with Gasteiger partial charge in [0.15, 0.2) is 5.75 Å². The number of H-pyrrole nitrogens is 1. The number of esters is 1. The van der Waals surface area contributed by atoms with Crippen LogP contribution in [0.3, 0.4) is 0 Å². The van der Waals surface area contributed by atoms with E-state index in [0.717, 1.165) is 15.6 Å². The second-order valence-electron chi connectivity index (χ2n) is 9.23. The van der Waals surface area contributed by atoms with Crippen LogP contribution < -0.4 is 19.6 Å². The number of hydrazone groups is 1. The zero-order chi connectivity index (χ0) is 29.8. The Morgan fingerprint density at radius 1 is 0.905 bits per heavy atom. The Balaban J connectivity index is 1.49. The van der Waals surface area contributed by atoms with Crippen molar-refractivity contribution in [3.63, 3.8) is 0 Å². The minimum absolute atomic E-state index is 0.257. The van der Waals surface area contributed by atoms with Gasteiger partial charge in [-0.3, -0.25) is 4.79 Å². The number of aromatic amines is 1. The molecule has 0 aliphatic carbocycles. The first kappa shape index (κ1) is 29.1. The largest absolute Gasteiger partial charge is 0.496 e. The fourth-order valence-corrected chi connectivity index (χ4v) is 5.92. The Morgan fingerprint density at radius 2 is 1.64 bits per heavy atom. The molecule has 5 rings (SSSR count). The number of amides is 1. The van der Waals surface area contributed by atoms with Crippen molar-refractivity contribution in [1.82, 2.24) is 10.4 Å². The zero-order valence-corrected chi connectivity index (χ0v) is 26.0. The number of rotatable bonds is 8. The highest BCUT2D eigenvalue weighted by Crippen LogP contribution is 2.42. The van der Waals surface area contributed by atoms with Crippen molar-refractivity contribution in [3.05, 3.63) is 110 Å². The molecule has 0 unspecified atom stereocenters. The van der Waals surface area contributed by atoms with Gasteiger partial charge in [0.05, 0.1) is 41.4 Å². The molecule has 0 aliphatic rings. The molecule has 0 spiro atoms. The molecule has 0 saturated heterocycles. The van der Waals surface area contributed by atoms with E-state index < -0.39 is 11.9 Å². The smallest absolute Gasteiger partial charge is 0.343 e. The molecule has 1 heterocycles. The lowest BCUT2D eigenvalue weighted by Gasteiger charge is -2.11. The summed E-state index contributed by atoms with van der Waals surface area (Å²) in [5.74, 6) is 0.395. The lowest BCUT2D eigenvalue weighted by Crippen LogP contribution is -2.19. The Labute approximate surface area is 258 Å². The molecule has 0 bridgehead atoms. The van der Waals surface area contributed by atoms with Crippen molar-refractivity contribution in [2.24, 2.45) is 5.10 Å². The van der Waals surface area contributed by atoms with Crippen LogP contribution in [-0.2, 0) is 0 Å². The zero-order valence-electron chi connectivity index (χ0n) is 22.8. The number of ether oxygens (including phenoxy) is 3. The number of carbonyl (C=O) groups is 2. The maximum absolute atomic E-state index is 13.6. The molecule has 0 atom stereocenters. The van der Waals surface area contributed by atoms with Crippen LogP contribution in [0.5, 0.6) is 17.2 Å². The van der Waals surface area contributed by atoms with Crippen LogP contribution in [0.25, 0.3) is 22.0 Å². The molecule has 212 valence electrons. The molecule has 4 aromatic carbocycles. The highest BCUT2D eigenvalue weighted by Gasteiger charge is 2.24. The fraction of sp³-hybridized carbons (Fsp3) is 0.0938. The lowest BCUT2D eigenvalue weighted by atomic mass is 10.0. The molecule has 10 heteroatoms. The van der Waals surface area contributed by atoms with E-state index in [1.54, 1.807) is 56.7 Å². The van der Waals surface area contributed by atoms with Crippen molar-refractivity contribution < 1.29 is 23.8 Å². The first-order chi connectivity index (χ1) is 20.3. The summed E-state index contributed by atoms with van der Waals surface area (Å²) in [4.78, 5) is 29.7. The number of aryl methyl sites for hydroxylation is 1. The number of aromatic nitrogens is 1. The predicted octanol–water partition coefficient (Wildman–Crippen LogP) is 7.67. The molecule has 0 aliphatic heterocycles. The maximum Gasteiger partial charge on any atom is 0.343 e.